The number of ether oxygens (including phenoxy) is 1. The van der Waals surface area contributed by atoms with Crippen LogP contribution in [0.3, 0.4) is 0 Å². The van der Waals surface area contributed by atoms with Gasteiger partial charge in [-0.3, -0.25) is 9.59 Å². The van der Waals surface area contributed by atoms with Gasteiger partial charge in [-0.2, -0.15) is 11.8 Å². The first kappa shape index (κ1) is 19.2. The predicted molar refractivity (Wildman–Crippen MR) is 101 cm³/mol. The van der Waals surface area contributed by atoms with E-state index in [1.807, 2.05) is 9.80 Å². The molecule has 1 aromatic heterocycles. The fraction of sp³-hybridized carbons (Fsp3) is 0.722. The Hall–Kier alpha value is -1.54. The van der Waals surface area contributed by atoms with Crippen LogP contribution in [-0.2, 0) is 26.3 Å². The average Bonchev–Trinajstić information content (AvgIpc) is 3.13. The molecule has 1 spiro atoms. The molecule has 2 aliphatic heterocycles. The zero-order valence-electron chi connectivity index (χ0n) is 15.6. The number of aromatic amines is 1. The summed E-state index contributed by atoms with van der Waals surface area (Å²) < 4.78 is 5.09. The Labute approximate surface area is 158 Å². The number of hydrogen-bond acceptors (Lipinski definition) is 5. The Bertz CT molecular complexity index is 640. The van der Waals surface area contributed by atoms with E-state index >= 15 is 0 Å². The number of nitrogens with one attached hydrogen (secondary N) is 1. The van der Waals surface area contributed by atoms with Crippen LogP contribution in [0.1, 0.15) is 37.6 Å². The second-order valence-corrected chi connectivity index (χ2v) is 8.03. The van der Waals surface area contributed by atoms with E-state index in [1.54, 1.807) is 25.2 Å². The largest absolute Gasteiger partial charge is 0.375 e. The topological polar surface area (TPSA) is 78.5 Å². The molecule has 2 amide bonds. The molecule has 0 bridgehead atoms. The van der Waals surface area contributed by atoms with E-state index in [0.717, 1.165) is 42.8 Å². The number of rotatable bonds is 6. The molecule has 3 rings (SSSR count). The number of thioether (sulfide) groups is 1. The maximum atomic E-state index is 12.7. The van der Waals surface area contributed by atoms with E-state index in [0.29, 0.717) is 25.4 Å². The molecule has 3 heterocycles. The first-order valence-corrected chi connectivity index (χ1v) is 10.5. The lowest BCUT2D eigenvalue weighted by atomic mass is 9.78. The highest BCUT2D eigenvalue weighted by Gasteiger charge is 2.48. The molecule has 0 aromatic carbocycles. The summed E-state index contributed by atoms with van der Waals surface area (Å²) in [6.07, 6.45) is 5.03. The van der Waals surface area contributed by atoms with Crippen molar-refractivity contribution in [3.8, 4) is 0 Å². The van der Waals surface area contributed by atoms with Crippen molar-refractivity contribution in [3.05, 3.63) is 17.7 Å². The highest BCUT2D eigenvalue weighted by atomic mass is 32.2. The summed E-state index contributed by atoms with van der Waals surface area (Å²) >= 11 is 1.69. The normalized spacial score (nSPS) is 18.8. The number of carbonyl (C=O) groups excluding carboxylic acids is 2. The minimum atomic E-state index is -0.420. The van der Waals surface area contributed by atoms with Crippen LogP contribution in [0.4, 0.5) is 0 Å². The summed E-state index contributed by atoms with van der Waals surface area (Å²) in [5.41, 5.74) is 1.67. The summed E-state index contributed by atoms with van der Waals surface area (Å²) in [5.74, 6) is 1.76. The number of H-pyrrole nitrogens is 1. The lowest BCUT2D eigenvalue weighted by Gasteiger charge is -2.50. The van der Waals surface area contributed by atoms with Crippen LogP contribution in [0.15, 0.2) is 6.33 Å². The summed E-state index contributed by atoms with van der Waals surface area (Å²) in [7, 11) is 1.55. The molecule has 1 saturated heterocycles. The quantitative estimate of drug-likeness (QED) is 0.755. The van der Waals surface area contributed by atoms with E-state index in [2.05, 4.69) is 16.9 Å². The van der Waals surface area contributed by atoms with Crippen molar-refractivity contribution in [1.82, 2.24) is 19.8 Å². The minimum Gasteiger partial charge on any atom is -0.375 e. The van der Waals surface area contributed by atoms with Gasteiger partial charge in [0.15, 0.2) is 0 Å². The molecular weight excluding hydrogens is 352 g/mol. The van der Waals surface area contributed by atoms with Gasteiger partial charge in [-0.05, 0) is 25.0 Å². The van der Waals surface area contributed by atoms with E-state index in [9.17, 15) is 9.59 Å². The maximum absolute atomic E-state index is 12.7. The van der Waals surface area contributed by atoms with Crippen LogP contribution >= 0.6 is 11.8 Å². The van der Waals surface area contributed by atoms with Gasteiger partial charge in [-0.1, -0.05) is 6.92 Å². The highest BCUT2D eigenvalue weighted by Crippen LogP contribution is 2.42. The molecule has 1 N–H and O–H groups in total. The number of hydrogen-bond donors (Lipinski definition) is 1. The standard InChI is InChI=1S/C18H28N4O3S/c1-3-10-26-12-16(24)21-8-5-18(6-9-21)17-14(19-13-20-17)4-7-22(18)15(23)11-25-2/h13H,3-12H2,1-2H3,(H,19,20). The summed E-state index contributed by atoms with van der Waals surface area (Å²) in [4.78, 5) is 36.8. The van der Waals surface area contributed by atoms with Gasteiger partial charge in [-0.25, -0.2) is 4.98 Å². The monoisotopic (exact) mass is 380 g/mol. The highest BCUT2D eigenvalue weighted by molar-refractivity contribution is 7.99. The lowest BCUT2D eigenvalue weighted by Crippen LogP contribution is -2.59. The van der Waals surface area contributed by atoms with Gasteiger partial charge in [0.25, 0.3) is 0 Å². The molecule has 0 saturated carbocycles. The third-order valence-electron chi connectivity index (χ3n) is 5.35. The zero-order valence-corrected chi connectivity index (χ0v) is 16.4. The van der Waals surface area contributed by atoms with E-state index < -0.39 is 5.54 Å². The van der Waals surface area contributed by atoms with Gasteiger partial charge in [0.2, 0.25) is 11.8 Å². The molecule has 144 valence electrons. The van der Waals surface area contributed by atoms with Crippen LogP contribution in [0.5, 0.6) is 0 Å². The Morgan fingerprint density at radius 2 is 2.08 bits per heavy atom. The van der Waals surface area contributed by atoms with Crippen molar-refractivity contribution in [2.24, 2.45) is 0 Å². The van der Waals surface area contributed by atoms with E-state index in [-0.39, 0.29) is 18.4 Å². The van der Waals surface area contributed by atoms with Gasteiger partial charge >= 0.3 is 0 Å². The van der Waals surface area contributed by atoms with Crippen molar-refractivity contribution in [1.29, 1.82) is 0 Å². The Morgan fingerprint density at radius 3 is 2.77 bits per heavy atom. The van der Waals surface area contributed by atoms with Crippen LogP contribution in [0.2, 0.25) is 0 Å². The predicted octanol–water partition coefficient (Wildman–Crippen LogP) is 1.40. The second kappa shape index (κ2) is 8.43. The van der Waals surface area contributed by atoms with Crippen LogP contribution in [0, 0.1) is 0 Å². The number of piperidine rings is 1. The molecule has 0 radical (unpaired) electrons. The zero-order chi connectivity index (χ0) is 18.6. The molecule has 7 nitrogen and oxygen atoms in total. The number of imidazole rings is 1. The molecule has 2 aliphatic rings. The Morgan fingerprint density at radius 1 is 1.31 bits per heavy atom. The SMILES string of the molecule is CCCSCC(=O)N1CCC2(CC1)c1nc[nH]c1CCN2C(=O)COC. The third kappa shape index (κ3) is 3.62. The molecule has 26 heavy (non-hydrogen) atoms. The minimum absolute atomic E-state index is 0.000530. The third-order valence-corrected chi connectivity index (χ3v) is 6.50. The Kier molecular flexibility index (Phi) is 6.24. The first-order chi connectivity index (χ1) is 12.6. The molecule has 0 atom stereocenters. The summed E-state index contributed by atoms with van der Waals surface area (Å²) in [6, 6.07) is 0. The first-order valence-electron chi connectivity index (χ1n) is 9.30. The van der Waals surface area contributed by atoms with E-state index in [1.165, 1.54) is 0 Å². The van der Waals surface area contributed by atoms with Gasteiger partial charge < -0.3 is 19.5 Å². The Balaban J connectivity index is 1.74. The fourth-order valence-electron chi connectivity index (χ4n) is 4.07. The van der Waals surface area contributed by atoms with Gasteiger partial charge in [0, 0.05) is 38.9 Å². The van der Waals surface area contributed by atoms with Gasteiger partial charge in [-0.15, -0.1) is 0 Å². The number of nitrogens with zero attached hydrogens (tertiary/aromatic N) is 3. The summed E-state index contributed by atoms with van der Waals surface area (Å²) in [6.45, 7) is 4.19. The number of carbonyl (C=O) groups is 2. The van der Waals surface area contributed by atoms with Crippen molar-refractivity contribution >= 4 is 23.6 Å². The second-order valence-electron chi connectivity index (χ2n) is 6.92. The van der Waals surface area contributed by atoms with Crippen molar-refractivity contribution in [3.63, 3.8) is 0 Å². The average molecular weight is 381 g/mol. The number of methoxy groups -OCH3 is 1. The molecule has 1 fully saturated rings. The molecular formula is C18H28N4O3S. The van der Waals surface area contributed by atoms with Crippen LogP contribution in [0.25, 0.3) is 0 Å². The molecule has 0 aliphatic carbocycles. The van der Waals surface area contributed by atoms with E-state index in [4.69, 9.17) is 4.74 Å². The lowest BCUT2D eigenvalue weighted by molar-refractivity contribution is -0.147. The molecule has 0 unspecified atom stereocenters. The number of amides is 2. The fourth-order valence-corrected chi connectivity index (χ4v) is 4.86. The van der Waals surface area contributed by atoms with Crippen LogP contribution < -0.4 is 0 Å². The number of fused-ring (bicyclic) bond motifs is 2. The van der Waals surface area contributed by atoms with Crippen LogP contribution in [-0.4, -0.2) is 76.4 Å². The van der Waals surface area contributed by atoms with Crippen molar-refractivity contribution in [2.75, 3.05) is 44.9 Å². The molecule has 1 aromatic rings. The molecule has 8 heteroatoms. The van der Waals surface area contributed by atoms with Gasteiger partial charge in [0.1, 0.15) is 6.61 Å². The van der Waals surface area contributed by atoms with Crippen molar-refractivity contribution < 1.29 is 14.3 Å². The summed E-state index contributed by atoms with van der Waals surface area (Å²) in [5, 5.41) is 0. The number of aromatic nitrogens is 2. The van der Waals surface area contributed by atoms with Gasteiger partial charge in [0.05, 0.1) is 23.3 Å². The maximum Gasteiger partial charge on any atom is 0.249 e. The van der Waals surface area contributed by atoms with Crippen molar-refractivity contribution in [2.45, 2.75) is 38.1 Å². The number of likely N-dealkylation sites (tertiary alicyclic amines) is 1. The smallest absolute Gasteiger partial charge is 0.249 e.